The topological polar surface area (TPSA) is 51.2 Å². The Morgan fingerprint density at radius 1 is 1.61 bits per heavy atom. The molecule has 1 aliphatic carbocycles. The molecule has 5 heteroatoms. The summed E-state index contributed by atoms with van der Waals surface area (Å²) in [6.45, 7) is 4.37. The van der Waals surface area contributed by atoms with Crippen molar-refractivity contribution in [2.45, 2.75) is 45.6 Å². The molecule has 1 aromatic rings. The van der Waals surface area contributed by atoms with Gasteiger partial charge in [0.15, 0.2) is 5.69 Å². The first kappa shape index (κ1) is 13.3. The van der Waals surface area contributed by atoms with E-state index in [4.69, 9.17) is 4.74 Å². The number of nitrogens with one attached hydrogen (secondary N) is 1. The van der Waals surface area contributed by atoms with E-state index in [0.717, 1.165) is 5.00 Å². The fraction of sp³-hybridized carbons (Fsp3) is 0.692. The molecule has 1 aliphatic rings. The van der Waals surface area contributed by atoms with Gasteiger partial charge >= 0.3 is 5.97 Å². The van der Waals surface area contributed by atoms with Crippen LogP contribution in [0.15, 0.2) is 5.51 Å². The minimum Gasteiger partial charge on any atom is -0.461 e. The summed E-state index contributed by atoms with van der Waals surface area (Å²) >= 11 is 1.47. The first-order chi connectivity index (χ1) is 8.72. The van der Waals surface area contributed by atoms with Crippen molar-refractivity contribution in [1.82, 2.24) is 4.98 Å². The average Bonchev–Trinajstić information content (AvgIpc) is 2.99. The molecule has 1 unspecified atom stereocenters. The van der Waals surface area contributed by atoms with Gasteiger partial charge in [0.05, 0.1) is 12.1 Å². The lowest BCUT2D eigenvalue weighted by molar-refractivity contribution is 0.0521. The molecule has 0 saturated heterocycles. The molecule has 0 spiro atoms. The first-order valence-corrected chi connectivity index (χ1v) is 7.47. The Labute approximate surface area is 112 Å². The van der Waals surface area contributed by atoms with Crippen LogP contribution in [0.4, 0.5) is 5.00 Å². The molecule has 0 bridgehead atoms. The highest BCUT2D eigenvalue weighted by atomic mass is 32.1. The number of thiazole rings is 1. The molecule has 1 heterocycles. The number of aromatic nitrogens is 1. The van der Waals surface area contributed by atoms with Crippen molar-refractivity contribution in [2.75, 3.05) is 11.9 Å². The van der Waals surface area contributed by atoms with Gasteiger partial charge in [-0.25, -0.2) is 9.78 Å². The van der Waals surface area contributed by atoms with Gasteiger partial charge in [-0.1, -0.05) is 12.8 Å². The molecule has 0 amide bonds. The zero-order valence-corrected chi connectivity index (χ0v) is 11.8. The molecule has 1 fully saturated rings. The Morgan fingerprint density at radius 3 is 3.00 bits per heavy atom. The molecule has 1 N–H and O–H groups in total. The van der Waals surface area contributed by atoms with Crippen LogP contribution in [0.1, 0.15) is 50.0 Å². The van der Waals surface area contributed by atoms with Crippen LogP contribution in [-0.2, 0) is 4.74 Å². The Hall–Kier alpha value is -1.10. The third-order valence-electron chi connectivity index (χ3n) is 3.50. The van der Waals surface area contributed by atoms with Gasteiger partial charge in [-0.2, -0.15) is 0 Å². The van der Waals surface area contributed by atoms with Gasteiger partial charge in [-0.3, -0.25) is 0 Å². The molecule has 4 nitrogen and oxygen atoms in total. The van der Waals surface area contributed by atoms with Crippen molar-refractivity contribution >= 4 is 22.3 Å². The summed E-state index contributed by atoms with van der Waals surface area (Å²) in [5.74, 6) is 0.377. The van der Waals surface area contributed by atoms with Crippen LogP contribution in [0.25, 0.3) is 0 Å². The van der Waals surface area contributed by atoms with Crippen molar-refractivity contribution in [3.63, 3.8) is 0 Å². The SMILES string of the molecule is CCOC(=O)c1ncsc1NC(C)C1CCCC1. The van der Waals surface area contributed by atoms with Crippen LogP contribution in [-0.4, -0.2) is 23.6 Å². The third kappa shape index (κ3) is 3.02. The van der Waals surface area contributed by atoms with E-state index >= 15 is 0 Å². The van der Waals surface area contributed by atoms with Crippen LogP contribution in [0, 0.1) is 5.92 Å². The minimum atomic E-state index is -0.333. The number of hydrogen-bond acceptors (Lipinski definition) is 5. The Bertz CT molecular complexity index is 399. The Kier molecular flexibility index (Phi) is 4.58. The lowest BCUT2D eigenvalue weighted by Gasteiger charge is -2.20. The fourth-order valence-electron chi connectivity index (χ4n) is 2.48. The van der Waals surface area contributed by atoms with Gasteiger partial charge in [-0.05, 0) is 32.6 Å². The Balaban J connectivity index is 2.00. The highest BCUT2D eigenvalue weighted by Gasteiger charge is 2.24. The predicted molar refractivity (Wildman–Crippen MR) is 73.1 cm³/mol. The van der Waals surface area contributed by atoms with Crippen molar-refractivity contribution in [2.24, 2.45) is 5.92 Å². The second kappa shape index (κ2) is 6.18. The molecule has 0 aliphatic heterocycles. The molecule has 1 atom stereocenters. The standard InChI is InChI=1S/C13H20N2O2S/c1-3-17-13(16)11-12(18-8-14-11)15-9(2)10-6-4-5-7-10/h8-10,15H,3-7H2,1-2H3. The molecule has 18 heavy (non-hydrogen) atoms. The lowest BCUT2D eigenvalue weighted by Crippen LogP contribution is -2.24. The van der Waals surface area contributed by atoms with E-state index in [9.17, 15) is 4.79 Å². The van der Waals surface area contributed by atoms with Crippen LogP contribution in [0.2, 0.25) is 0 Å². The zero-order chi connectivity index (χ0) is 13.0. The smallest absolute Gasteiger partial charge is 0.360 e. The summed E-state index contributed by atoms with van der Waals surface area (Å²) in [5, 5.41) is 4.27. The highest BCUT2D eigenvalue weighted by molar-refractivity contribution is 7.14. The number of rotatable bonds is 5. The number of nitrogens with zero attached hydrogens (tertiary/aromatic N) is 1. The highest BCUT2D eigenvalue weighted by Crippen LogP contribution is 2.31. The Morgan fingerprint density at radius 2 is 2.33 bits per heavy atom. The van der Waals surface area contributed by atoms with Gasteiger partial charge in [0.2, 0.25) is 0 Å². The summed E-state index contributed by atoms with van der Waals surface area (Å²) in [6, 6.07) is 0.390. The van der Waals surface area contributed by atoms with E-state index in [0.29, 0.717) is 24.3 Å². The molecular weight excluding hydrogens is 248 g/mol. The molecule has 100 valence electrons. The van der Waals surface area contributed by atoms with Crippen LogP contribution < -0.4 is 5.32 Å². The quantitative estimate of drug-likeness (QED) is 0.832. The largest absolute Gasteiger partial charge is 0.461 e. The number of carbonyl (C=O) groups excluding carboxylic acids is 1. The van der Waals surface area contributed by atoms with Crippen molar-refractivity contribution in [3.8, 4) is 0 Å². The summed E-state index contributed by atoms with van der Waals surface area (Å²) in [6.07, 6.45) is 5.21. The minimum absolute atomic E-state index is 0.333. The van der Waals surface area contributed by atoms with E-state index in [1.54, 1.807) is 12.4 Å². The molecular formula is C13H20N2O2S. The van der Waals surface area contributed by atoms with E-state index in [-0.39, 0.29) is 5.97 Å². The van der Waals surface area contributed by atoms with Gasteiger partial charge in [0.1, 0.15) is 5.00 Å². The normalized spacial score (nSPS) is 17.7. The van der Waals surface area contributed by atoms with Crippen LogP contribution >= 0.6 is 11.3 Å². The van der Waals surface area contributed by atoms with E-state index in [1.807, 2.05) is 0 Å². The maximum absolute atomic E-state index is 11.7. The number of esters is 1. The lowest BCUT2D eigenvalue weighted by atomic mass is 10.00. The van der Waals surface area contributed by atoms with Gasteiger partial charge in [0, 0.05) is 6.04 Å². The van der Waals surface area contributed by atoms with Crippen LogP contribution in [0.3, 0.4) is 0 Å². The second-order valence-corrected chi connectivity index (χ2v) is 5.58. The van der Waals surface area contributed by atoms with Gasteiger partial charge < -0.3 is 10.1 Å². The summed E-state index contributed by atoms with van der Waals surface area (Å²) in [4.78, 5) is 15.8. The first-order valence-electron chi connectivity index (χ1n) is 6.59. The van der Waals surface area contributed by atoms with Crippen molar-refractivity contribution in [3.05, 3.63) is 11.2 Å². The van der Waals surface area contributed by atoms with Crippen molar-refractivity contribution in [1.29, 1.82) is 0 Å². The van der Waals surface area contributed by atoms with E-state index in [1.165, 1.54) is 37.0 Å². The number of hydrogen-bond donors (Lipinski definition) is 1. The number of carbonyl (C=O) groups is 1. The number of anilines is 1. The van der Waals surface area contributed by atoms with E-state index < -0.39 is 0 Å². The zero-order valence-electron chi connectivity index (χ0n) is 10.9. The molecule has 0 aromatic carbocycles. The average molecular weight is 268 g/mol. The summed E-state index contributed by atoms with van der Waals surface area (Å²) in [5.41, 5.74) is 2.11. The third-order valence-corrected chi connectivity index (χ3v) is 4.26. The maximum Gasteiger partial charge on any atom is 0.360 e. The summed E-state index contributed by atoms with van der Waals surface area (Å²) in [7, 11) is 0. The van der Waals surface area contributed by atoms with Crippen LogP contribution in [0.5, 0.6) is 0 Å². The van der Waals surface area contributed by atoms with Crippen molar-refractivity contribution < 1.29 is 9.53 Å². The van der Waals surface area contributed by atoms with Gasteiger partial charge in [0.25, 0.3) is 0 Å². The monoisotopic (exact) mass is 268 g/mol. The molecule has 1 aromatic heterocycles. The second-order valence-electron chi connectivity index (χ2n) is 4.73. The summed E-state index contributed by atoms with van der Waals surface area (Å²) < 4.78 is 5.00. The molecule has 1 saturated carbocycles. The van der Waals surface area contributed by atoms with E-state index in [2.05, 4.69) is 17.2 Å². The predicted octanol–water partition coefficient (Wildman–Crippen LogP) is 3.31. The number of ether oxygens (including phenoxy) is 1. The van der Waals surface area contributed by atoms with Gasteiger partial charge in [-0.15, -0.1) is 11.3 Å². The maximum atomic E-state index is 11.7. The fourth-order valence-corrected chi connectivity index (χ4v) is 3.24. The molecule has 0 radical (unpaired) electrons. The molecule has 2 rings (SSSR count).